The lowest BCUT2D eigenvalue weighted by Crippen LogP contribution is -2.16. The number of fused-ring (bicyclic) bond motifs is 1. The number of hydrogen-bond donors (Lipinski definition) is 2. The molecule has 1 unspecified atom stereocenters. The Balaban J connectivity index is 1.97. The topological polar surface area (TPSA) is 54.7 Å². The molecule has 3 aromatic rings. The molecule has 3 rings (SSSR count). The molecule has 1 atom stereocenters. The minimum absolute atomic E-state index is 0.258. The maximum absolute atomic E-state index is 5.97. The summed E-state index contributed by atoms with van der Waals surface area (Å²) in [7, 11) is 0. The van der Waals surface area contributed by atoms with Crippen molar-refractivity contribution < 1.29 is 0 Å². The Labute approximate surface area is 118 Å². The second kappa shape index (κ2) is 5.47. The summed E-state index contributed by atoms with van der Waals surface area (Å²) in [6.45, 7) is 2.73. The lowest BCUT2D eigenvalue weighted by atomic mass is 9.94. The molecule has 3 heteroatoms. The quantitative estimate of drug-likeness (QED) is 0.761. The van der Waals surface area contributed by atoms with Crippen molar-refractivity contribution in [3.05, 3.63) is 65.6 Å². The van der Waals surface area contributed by atoms with Gasteiger partial charge in [0, 0.05) is 41.0 Å². The first-order valence-electron chi connectivity index (χ1n) is 6.96. The van der Waals surface area contributed by atoms with Crippen LogP contribution in [-0.2, 0) is 6.42 Å². The van der Waals surface area contributed by atoms with Gasteiger partial charge in [0.2, 0.25) is 0 Å². The van der Waals surface area contributed by atoms with Crippen molar-refractivity contribution in [3.63, 3.8) is 0 Å². The number of nitrogens with two attached hydrogens (primary N) is 1. The van der Waals surface area contributed by atoms with E-state index in [4.69, 9.17) is 5.73 Å². The molecule has 0 saturated carbocycles. The third kappa shape index (κ3) is 2.32. The highest BCUT2D eigenvalue weighted by Crippen LogP contribution is 2.27. The zero-order valence-electron chi connectivity index (χ0n) is 11.6. The van der Waals surface area contributed by atoms with Crippen molar-refractivity contribution in [2.45, 2.75) is 19.3 Å². The number of rotatable bonds is 4. The van der Waals surface area contributed by atoms with Gasteiger partial charge in [0.05, 0.1) is 0 Å². The predicted octanol–water partition coefficient (Wildman–Crippen LogP) is 3.16. The van der Waals surface area contributed by atoms with E-state index >= 15 is 0 Å². The van der Waals surface area contributed by atoms with Gasteiger partial charge in [0.15, 0.2) is 0 Å². The fraction of sp³-hybridized carbons (Fsp3) is 0.235. The first-order valence-corrected chi connectivity index (χ1v) is 6.96. The van der Waals surface area contributed by atoms with Crippen molar-refractivity contribution in [2.75, 3.05) is 6.54 Å². The number of H-pyrrole nitrogens is 1. The van der Waals surface area contributed by atoms with Crippen LogP contribution in [0.3, 0.4) is 0 Å². The van der Waals surface area contributed by atoms with E-state index in [1.165, 1.54) is 22.2 Å². The molecule has 102 valence electrons. The molecule has 3 nitrogen and oxygen atoms in total. The van der Waals surface area contributed by atoms with Gasteiger partial charge in [0.1, 0.15) is 0 Å². The predicted molar refractivity (Wildman–Crippen MR) is 82.8 cm³/mol. The van der Waals surface area contributed by atoms with Crippen LogP contribution in [-0.4, -0.2) is 16.5 Å². The van der Waals surface area contributed by atoms with E-state index in [-0.39, 0.29) is 5.92 Å². The van der Waals surface area contributed by atoms with E-state index in [0.717, 1.165) is 12.1 Å². The zero-order chi connectivity index (χ0) is 13.9. The van der Waals surface area contributed by atoms with Crippen LogP contribution < -0.4 is 5.73 Å². The lowest BCUT2D eigenvalue weighted by Gasteiger charge is -2.14. The summed E-state index contributed by atoms with van der Waals surface area (Å²) in [4.78, 5) is 7.90. The van der Waals surface area contributed by atoms with Crippen molar-refractivity contribution in [1.82, 2.24) is 9.97 Å². The zero-order valence-corrected chi connectivity index (χ0v) is 11.6. The van der Waals surface area contributed by atoms with Crippen LogP contribution in [0.4, 0.5) is 0 Å². The number of aromatic amines is 1. The maximum atomic E-state index is 5.97. The molecule has 0 amide bonds. The Morgan fingerprint density at radius 1 is 1.15 bits per heavy atom. The second-order valence-electron chi connectivity index (χ2n) is 5.17. The molecule has 1 aromatic carbocycles. The molecule has 2 aromatic heterocycles. The number of hydrogen-bond acceptors (Lipinski definition) is 2. The molecule has 0 bridgehead atoms. The van der Waals surface area contributed by atoms with Crippen LogP contribution >= 0.6 is 0 Å². The Morgan fingerprint density at radius 2 is 1.95 bits per heavy atom. The van der Waals surface area contributed by atoms with E-state index in [9.17, 15) is 0 Å². The molecule has 20 heavy (non-hydrogen) atoms. The SMILES string of the molecule is Cc1[nH]c2ccccc2c1CC(CN)c1ccccn1. The average molecular weight is 265 g/mol. The standard InChI is InChI=1S/C17H19N3/c1-12-15(14-6-2-3-8-17(14)20-12)10-13(11-18)16-7-4-5-9-19-16/h2-9,13,20H,10-11,18H2,1H3. The highest BCUT2D eigenvalue weighted by molar-refractivity contribution is 5.84. The van der Waals surface area contributed by atoms with Crippen molar-refractivity contribution in [3.8, 4) is 0 Å². The average Bonchev–Trinajstić information content (AvgIpc) is 2.81. The highest BCUT2D eigenvalue weighted by Gasteiger charge is 2.16. The molecule has 0 radical (unpaired) electrons. The summed E-state index contributed by atoms with van der Waals surface area (Å²) < 4.78 is 0. The van der Waals surface area contributed by atoms with Crippen LogP contribution in [0, 0.1) is 6.92 Å². The third-order valence-corrected chi connectivity index (χ3v) is 3.87. The molecule has 0 fully saturated rings. The summed E-state index contributed by atoms with van der Waals surface area (Å²) >= 11 is 0. The Morgan fingerprint density at radius 3 is 2.70 bits per heavy atom. The van der Waals surface area contributed by atoms with Crippen LogP contribution in [0.2, 0.25) is 0 Å². The smallest absolute Gasteiger partial charge is 0.0458 e. The van der Waals surface area contributed by atoms with Gasteiger partial charge >= 0.3 is 0 Å². The van der Waals surface area contributed by atoms with Gasteiger partial charge in [-0.25, -0.2) is 0 Å². The number of para-hydroxylation sites is 1. The van der Waals surface area contributed by atoms with Crippen LogP contribution in [0.1, 0.15) is 22.9 Å². The summed E-state index contributed by atoms with van der Waals surface area (Å²) in [5.74, 6) is 0.258. The van der Waals surface area contributed by atoms with E-state index < -0.39 is 0 Å². The normalized spacial score (nSPS) is 12.7. The Bertz CT molecular complexity index is 701. The van der Waals surface area contributed by atoms with E-state index in [2.05, 4.69) is 47.2 Å². The molecule has 2 heterocycles. The molecular formula is C17H19N3. The number of aromatic nitrogens is 2. The van der Waals surface area contributed by atoms with Crippen molar-refractivity contribution in [2.24, 2.45) is 5.73 Å². The molecule has 0 aliphatic carbocycles. The number of benzene rings is 1. The monoisotopic (exact) mass is 265 g/mol. The molecule has 0 saturated heterocycles. The van der Waals surface area contributed by atoms with E-state index in [1.54, 1.807) is 0 Å². The minimum Gasteiger partial charge on any atom is -0.358 e. The minimum atomic E-state index is 0.258. The third-order valence-electron chi connectivity index (χ3n) is 3.87. The number of nitrogens with zero attached hydrogens (tertiary/aromatic N) is 1. The van der Waals surface area contributed by atoms with Crippen molar-refractivity contribution in [1.29, 1.82) is 0 Å². The summed E-state index contributed by atoms with van der Waals surface area (Å²) in [5.41, 5.74) is 10.8. The Kier molecular flexibility index (Phi) is 3.52. The van der Waals surface area contributed by atoms with Gasteiger partial charge in [-0.3, -0.25) is 4.98 Å². The van der Waals surface area contributed by atoms with Gasteiger partial charge in [-0.05, 0) is 37.1 Å². The fourth-order valence-corrected chi connectivity index (χ4v) is 2.77. The Hall–Kier alpha value is -2.13. The van der Waals surface area contributed by atoms with Gasteiger partial charge in [-0.15, -0.1) is 0 Å². The van der Waals surface area contributed by atoms with E-state index in [1.807, 2.05) is 18.3 Å². The number of pyridine rings is 1. The lowest BCUT2D eigenvalue weighted by molar-refractivity contribution is 0.673. The molecule has 0 aliphatic rings. The van der Waals surface area contributed by atoms with Crippen LogP contribution in [0.5, 0.6) is 0 Å². The first-order chi connectivity index (χ1) is 9.79. The molecule has 0 aliphatic heterocycles. The maximum Gasteiger partial charge on any atom is 0.0458 e. The van der Waals surface area contributed by atoms with Crippen LogP contribution in [0.15, 0.2) is 48.7 Å². The molecule has 0 spiro atoms. The first kappa shape index (κ1) is 12.9. The second-order valence-corrected chi connectivity index (χ2v) is 5.17. The summed E-state index contributed by atoms with van der Waals surface area (Å²) in [6.07, 6.45) is 2.75. The van der Waals surface area contributed by atoms with Crippen LogP contribution in [0.25, 0.3) is 10.9 Å². The number of nitrogens with one attached hydrogen (secondary N) is 1. The molecular weight excluding hydrogens is 246 g/mol. The van der Waals surface area contributed by atoms with Gasteiger partial charge in [-0.1, -0.05) is 24.3 Å². The van der Waals surface area contributed by atoms with E-state index in [0.29, 0.717) is 6.54 Å². The van der Waals surface area contributed by atoms with Gasteiger partial charge < -0.3 is 10.7 Å². The van der Waals surface area contributed by atoms with Gasteiger partial charge in [-0.2, -0.15) is 0 Å². The van der Waals surface area contributed by atoms with Crippen molar-refractivity contribution >= 4 is 10.9 Å². The fourth-order valence-electron chi connectivity index (χ4n) is 2.77. The van der Waals surface area contributed by atoms with Gasteiger partial charge in [0.25, 0.3) is 0 Å². The molecule has 3 N–H and O–H groups in total. The highest BCUT2D eigenvalue weighted by atomic mass is 14.7. The summed E-state index contributed by atoms with van der Waals surface area (Å²) in [5, 5.41) is 1.29. The number of aryl methyl sites for hydroxylation is 1. The summed E-state index contributed by atoms with van der Waals surface area (Å²) in [6, 6.07) is 14.4. The largest absolute Gasteiger partial charge is 0.358 e.